The third kappa shape index (κ3) is 4.34. The van der Waals surface area contributed by atoms with Gasteiger partial charge in [0.25, 0.3) is 0 Å². The van der Waals surface area contributed by atoms with Crippen LogP contribution in [0.25, 0.3) is 0 Å². The number of hydrogen-bond donors (Lipinski definition) is 1. The quantitative estimate of drug-likeness (QED) is 0.842. The second-order valence-electron chi connectivity index (χ2n) is 2.40. The fourth-order valence-corrected chi connectivity index (χ4v) is 0.827. The number of halogens is 4. The molecule has 2 N–H and O–H groups in total. The van der Waals surface area contributed by atoms with Crippen molar-refractivity contribution in [3.63, 3.8) is 0 Å². The predicted molar refractivity (Wildman–Crippen MR) is 48.3 cm³/mol. The van der Waals surface area contributed by atoms with E-state index in [2.05, 4.69) is 4.74 Å². The molecule has 0 aliphatic carbocycles. The van der Waals surface area contributed by atoms with Crippen LogP contribution < -0.4 is 10.5 Å². The van der Waals surface area contributed by atoms with Gasteiger partial charge in [-0.2, -0.15) is 0 Å². The molecular weight excluding hydrogens is 219 g/mol. The molecule has 14 heavy (non-hydrogen) atoms. The van der Waals surface area contributed by atoms with Gasteiger partial charge in [-0.3, -0.25) is 0 Å². The third-order valence-corrected chi connectivity index (χ3v) is 1.39. The van der Waals surface area contributed by atoms with Crippen LogP contribution in [-0.2, 0) is 6.54 Å². The van der Waals surface area contributed by atoms with Crippen LogP contribution in [0.3, 0.4) is 0 Å². The summed E-state index contributed by atoms with van der Waals surface area (Å²) in [5.74, 6) is -0.232. The van der Waals surface area contributed by atoms with E-state index in [-0.39, 0.29) is 18.2 Å². The van der Waals surface area contributed by atoms with Crippen molar-refractivity contribution in [3.05, 3.63) is 29.8 Å². The van der Waals surface area contributed by atoms with E-state index in [4.69, 9.17) is 5.73 Å². The van der Waals surface area contributed by atoms with Crippen molar-refractivity contribution in [2.24, 2.45) is 5.73 Å². The Labute approximate surface area is 85.3 Å². The summed E-state index contributed by atoms with van der Waals surface area (Å²) in [7, 11) is 0. The molecule has 1 rings (SSSR count). The summed E-state index contributed by atoms with van der Waals surface area (Å²) in [5, 5.41) is 0. The van der Waals surface area contributed by atoms with E-state index in [0.717, 1.165) is 5.56 Å². The van der Waals surface area contributed by atoms with E-state index in [1.807, 2.05) is 0 Å². The van der Waals surface area contributed by atoms with Gasteiger partial charge >= 0.3 is 6.36 Å². The lowest BCUT2D eigenvalue weighted by molar-refractivity contribution is -0.274. The fraction of sp³-hybridized carbons (Fsp3) is 0.250. The van der Waals surface area contributed by atoms with Crippen molar-refractivity contribution in [2.45, 2.75) is 12.9 Å². The SMILES string of the molecule is Cl.NCc1ccc(OC(F)(F)F)cc1. The van der Waals surface area contributed by atoms with E-state index in [0.29, 0.717) is 6.54 Å². The molecule has 1 aromatic carbocycles. The highest BCUT2D eigenvalue weighted by Crippen LogP contribution is 2.22. The van der Waals surface area contributed by atoms with Crippen LogP contribution in [0.4, 0.5) is 13.2 Å². The Morgan fingerprint density at radius 1 is 1.14 bits per heavy atom. The Hall–Kier alpha value is -0.940. The van der Waals surface area contributed by atoms with Gasteiger partial charge in [0.1, 0.15) is 5.75 Å². The Bertz CT molecular complexity index is 273. The minimum atomic E-state index is -4.63. The maximum atomic E-state index is 11.7. The fourth-order valence-electron chi connectivity index (χ4n) is 0.827. The summed E-state index contributed by atoms with van der Waals surface area (Å²) in [4.78, 5) is 0. The number of ether oxygens (including phenoxy) is 1. The van der Waals surface area contributed by atoms with Gasteiger partial charge in [0.15, 0.2) is 0 Å². The summed E-state index contributed by atoms with van der Waals surface area (Å²) >= 11 is 0. The second-order valence-corrected chi connectivity index (χ2v) is 2.40. The molecule has 0 atom stereocenters. The molecule has 0 unspecified atom stereocenters. The maximum Gasteiger partial charge on any atom is 0.573 e. The van der Waals surface area contributed by atoms with Gasteiger partial charge in [-0.15, -0.1) is 25.6 Å². The van der Waals surface area contributed by atoms with Crippen molar-refractivity contribution in [2.75, 3.05) is 0 Å². The van der Waals surface area contributed by atoms with E-state index < -0.39 is 6.36 Å². The Kier molecular flexibility index (Phi) is 4.73. The second kappa shape index (κ2) is 5.07. The van der Waals surface area contributed by atoms with E-state index in [9.17, 15) is 13.2 Å². The molecule has 0 radical (unpaired) electrons. The van der Waals surface area contributed by atoms with Gasteiger partial charge in [-0.1, -0.05) is 12.1 Å². The summed E-state index contributed by atoms with van der Waals surface area (Å²) < 4.78 is 38.7. The number of hydrogen-bond acceptors (Lipinski definition) is 2. The Balaban J connectivity index is 0.00000169. The summed E-state index contributed by atoms with van der Waals surface area (Å²) in [5.41, 5.74) is 6.02. The molecule has 0 aliphatic rings. The average Bonchev–Trinajstić information content (AvgIpc) is 2.03. The van der Waals surface area contributed by atoms with Crippen molar-refractivity contribution in [1.82, 2.24) is 0 Å². The minimum Gasteiger partial charge on any atom is -0.406 e. The van der Waals surface area contributed by atoms with Crippen LogP contribution in [0.2, 0.25) is 0 Å². The van der Waals surface area contributed by atoms with Gasteiger partial charge in [0.05, 0.1) is 0 Å². The molecule has 0 spiro atoms. The topological polar surface area (TPSA) is 35.2 Å². The van der Waals surface area contributed by atoms with Crippen LogP contribution in [0.5, 0.6) is 5.75 Å². The highest BCUT2D eigenvalue weighted by Gasteiger charge is 2.30. The van der Waals surface area contributed by atoms with Gasteiger partial charge in [-0.25, -0.2) is 0 Å². The highest BCUT2D eigenvalue weighted by atomic mass is 35.5. The third-order valence-electron chi connectivity index (χ3n) is 1.39. The molecule has 1 aromatic rings. The van der Waals surface area contributed by atoms with E-state index in [1.165, 1.54) is 24.3 Å². The van der Waals surface area contributed by atoms with E-state index >= 15 is 0 Å². The van der Waals surface area contributed by atoms with Crippen molar-refractivity contribution in [1.29, 1.82) is 0 Å². The van der Waals surface area contributed by atoms with Crippen LogP contribution in [0.15, 0.2) is 24.3 Å². The Morgan fingerprint density at radius 2 is 1.64 bits per heavy atom. The zero-order chi connectivity index (χ0) is 9.90. The largest absolute Gasteiger partial charge is 0.573 e. The normalized spacial score (nSPS) is 10.6. The highest BCUT2D eigenvalue weighted by molar-refractivity contribution is 5.85. The van der Waals surface area contributed by atoms with Crippen molar-refractivity contribution < 1.29 is 17.9 Å². The van der Waals surface area contributed by atoms with Gasteiger partial charge in [0.2, 0.25) is 0 Å². The van der Waals surface area contributed by atoms with Gasteiger partial charge < -0.3 is 10.5 Å². The first-order valence-corrected chi connectivity index (χ1v) is 3.56. The minimum absolute atomic E-state index is 0. The first-order chi connectivity index (χ1) is 6.01. The first-order valence-electron chi connectivity index (χ1n) is 3.56. The Morgan fingerprint density at radius 3 is 2.00 bits per heavy atom. The molecular formula is C8H9ClF3NO. The van der Waals surface area contributed by atoms with Crippen molar-refractivity contribution in [3.8, 4) is 5.75 Å². The molecule has 0 aliphatic heterocycles. The molecule has 80 valence electrons. The zero-order valence-electron chi connectivity index (χ0n) is 7.04. The van der Waals surface area contributed by atoms with Crippen LogP contribution in [0.1, 0.15) is 5.56 Å². The standard InChI is InChI=1S/C8H8F3NO.ClH/c9-8(10,11)13-7-3-1-6(5-12)2-4-7;/h1-4H,5,12H2;1H. The van der Waals surface area contributed by atoms with Crippen LogP contribution >= 0.6 is 12.4 Å². The molecule has 0 fully saturated rings. The lowest BCUT2D eigenvalue weighted by Gasteiger charge is -2.08. The number of alkyl halides is 3. The van der Waals surface area contributed by atoms with Crippen molar-refractivity contribution >= 4 is 12.4 Å². The summed E-state index contributed by atoms with van der Waals surface area (Å²) in [6.07, 6.45) is -4.63. The summed E-state index contributed by atoms with van der Waals surface area (Å²) in [6.45, 7) is 0.298. The molecule has 0 saturated heterocycles. The van der Waals surface area contributed by atoms with E-state index in [1.54, 1.807) is 0 Å². The molecule has 0 heterocycles. The molecule has 6 heteroatoms. The summed E-state index contributed by atoms with van der Waals surface area (Å²) in [6, 6.07) is 5.44. The lowest BCUT2D eigenvalue weighted by atomic mass is 10.2. The lowest BCUT2D eigenvalue weighted by Crippen LogP contribution is -2.17. The van der Waals surface area contributed by atoms with Crippen LogP contribution in [0, 0.1) is 0 Å². The average molecular weight is 228 g/mol. The number of nitrogens with two attached hydrogens (primary N) is 1. The van der Waals surface area contributed by atoms with Gasteiger partial charge in [-0.05, 0) is 17.7 Å². The zero-order valence-corrected chi connectivity index (χ0v) is 7.86. The predicted octanol–water partition coefficient (Wildman–Crippen LogP) is 2.47. The molecule has 0 amide bonds. The molecule has 0 bridgehead atoms. The van der Waals surface area contributed by atoms with Crippen LogP contribution in [-0.4, -0.2) is 6.36 Å². The molecule has 0 aromatic heterocycles. The monoisotopic (exact) mass is 227 g/mol. The first kappa shape index (κ1) is 13.1. The number of rotatable bonds is 2. The molecule has 0 saturated carbocycles. The maximum absolute atomic E-state index is 11.7. The van der Waals surface area contributed by atoms with Gasteiger partial charge in [0, 0.05) is 6.54 Å². The number of benzene rings is 1. The smallest absolute Gasteiger partial charge is 0.406 e. The molecule has 2 nitrogen and oxygen atoms in total.